The van der Waals surface area contributed by atoms with Gasteiger partial charge in [0.1, 0.15) is 5.75 Å². The second kappa shape index (κ2) is 6.58. The van der Waals surface area contributed by atoms with Crippen molar-refractivity contribution >= 4 is 11.9 Å². The number of hydrogen-bond acceptors (Lipinski definition) is 4. The van der Waals surface area contributed by atoms with E-state index in [9.17, 15) is 9.59 Å². The van der Waals surface area contributed by atoms with Crippen molar-refractivity contribution < 1.29 is 19.4 Å². The Morgan fingerprint density at radius 3 is 2.52 bits per heavy atom. The molecule has 2 atom stereocenters. The summed E-state index contributed by atoms with van der Waals surface area (Å²) in [5, 5.41) is 11.8. The van der Waals surface area contributed by atoms with Gasteiger partial charge in [0.2, 0.25) is 5.91 Å². The van der Waals surface area contributed by atoms with E-state index in [1.165, 1.54) is 6.92 Å². The van der Waals surface area contributed by atoms with E-state index < -0.39 is 5.97 Å². The number of benzene rings is 1. The van der Waals surface area contributed by atoms with E-state index in [1.54, 1.807) is 7.11 Å². The Balaban J connectivity index is 2.15. The molecule has 0 aromatic heterocycles. The highest BCUT2D eigenvalue weighted by molar-refractivity contribution is 5.73. The number of rotatable bonds is 5. The number of hydrogen-bond donors (Lipinski definition) is 2. The van der Waals surface area contributed by atoms with E-state index >= 15 is 0 Å². The van der Waals surface area contributed by atoms with Crippen LogP contribution >= 0.6 is 0 Å². The Bertz CT molecular complexity index is 515. The largest absolute Gasteiger partial charge is 0.497 e. The molecule has 6 heteroatoms. The van der Waals surface area contributed by atoms with Crippen LogP contribution < -0.4 is 10.1 Å². The summed E-state index contributed by atoms with van der Waals surface area (Å²) in [6.45, 7) is 2.62. The number of nitrogens with zero attached hydrogens (tertiary/aromatic N) is 1. The van der Waals surface area contributed by atoms with Crippen molar-refractivity contribution in [2.24, 2.45) is 0 Å². The van der Waals surface area contributed by atoms with Gasteiger partial charge in [-0.2, -0.15) is 0 Å². The predicted octanol–water partition coefficient (Wildman–Crippen LogP) is 0.684. The number of carbonyl (C=O) groups is 2. The molecule has 1 fully saturated rings. The lowest BCUT2D eigenvalue weighted by Gasteiger charge is -2.19. The molecule has 114 valence electrons. The first-order valence-electron chi connectivity index (χ1n) is 6.85. The quantitative estimate of drug-likeness (QED) is 0.834. The number of likely N-dealkylation sites (tertiary alicyclic amines) is 1. The molecule has 0 saturated carbocycles. The molecule has 1 aromatic rings. The molecule has 1 saturated heterocycles. The third kappa shape index (κ3) is 3.95. The highest BCUT2D eigenvalue weighted by atomic mass is 16.5. The lowest BCUT2D eigenvalue weighted by atomic mass is 9.94. The smallest absolute Gasteiger partial charge is 0.317 e. The minimum Gasteiger partial charge on any atom is -0.497 e. The summed E-state index contributed by atoms with van der Waals surface area (Å²) in [5.74, 6) is -0.1000. The van der Waals surface area contributed by atoms with Crippen LogP contribution in [0.15, 0.2) is 24.3 Å². The Morgan fingerprint density at radius 2 is 2.00 bits per heavy atom. The van der Waals surface area contributed by atoms with E-state index in [4.69, 9.17) is 9.84 Å². The molecule has 1 aliphatic heterocycles. The Kier molecular flexibility index (Phi) is 4.80. The molecule has 1 heterocycles. The number of carboxylic acid groups (broad SMARTS) is 1. The highest BCUT2D eigenvalue weighted by Crippen LogP contribution is 2.28. The number of carboxylic acids is 1. The summed E-state index contributed by atoms with van der Waals surface area (Å²) in [6.07, 6.45) is 0. The van der Waals surface area contributed by atoms with Crippen LogP contribution in [0, 0.1) is 0 Å². The van der Waals surface area contributed by atoms with Gasteiger partial charge < -0.3 is 15.2 Å². The van der Waals surface area contributed by atoms with Gasteiger partial charge in [-0.25, -0.2) is 0 Å². The maximum atomic E-state index is 11.3. The van der Waals surface area contributed by atoms with Crippen molar-refractivity contribution in [2.45, 2.75) is 18.9 Å². The molecule has 2 rings (SSSR count). The first-order chi connectivity index (χ1) is 9.99. The molecule has 0 bridgehead atoms. The van der Waals surface area contributed by atoms with Crippen molar-refractivity contribution in [3.8, 4) is 5.75 Å². The Morgan fingerprint density at radius 1 is 1.33 bits per heavy atom. The second-order valence-electron chi connectivity index (χ2n) is 5.27. The van der Waals surface area contributed by atoms with E-state index in [-0.39, 0.29) is 24.4 Å². The normalized spacial score (nSPS) is 22.0. The van der Waals surface area contributed by atoms with Gasteiger partial charge in [-0.05, 0) is 17.7 Å². The van der Waals surface area contributed by atoms with Crippen molar-refractivity contribution in [3.63, 3.8) is 0 Å². The maximum absolute atomic E-state index is 11.3. The molecule has 1 amide bonds. The Hall–Kier alpha value is -2.08. The summed E-state index contributed by atoms with van der Waals surface area (Å²) >= 11 is 0. The average molecular weight is 292 g/mol. The zero-order valence-corrected chi connectivity index (χ0v) is 12.2. The van der Waals surface area contributed by atoms with E-state index in [2.05, 4.69) is 5.32 Å². The van der Waals surface area contributed by atoms with Crippen LogP contribution in [0.2, 0.25) is 0 Å². The molecule has 0 aliphatic carbocycles. The molecular formula is C15H20N2O4. The van der Waals surface area contributed by atoms with Crippen molar-refractivity contribution in [3.05, 3.63) is 29.8 Å². The van der Waals surface area contributed by atoms with Crippen LogP contribution in [0.1, 0.15) is 18.4 Å². The SMILES string of the molecule is COc1ccc([C@@H]2CN(CC(=O)O)C[C@H]2NC(C)=O)cc1. The molecule has 0 radical (unpaired) electrons. The molecule has 0 spiro atoms. The maximum Gasteiger partial charge on any atom is 0.317 e. The number of amides is 1. The minimum atomic E-state index is -0.855. The van der Waals surface area contributed by atoms with Crippen molar-refractivity contribution in [2.75, 3.05) is 26.7 Å². The number of ether oxygens (including phenoxy) is 1. The number of carbonyl (C=O) groups excluding carboxylic acids is 1. The molecular weight excluding hydrogens is 272 g/mol. The first-order valence-corrected chi connectivity index (χ1v) is 6.85. The van der Waals surface area contributed by atoms with Gasteiger partial charge in [0, 0.05) is 32.0 Å². The van der Waals surface area contributed by atoms with E-state index in [0.29, 0.717) is 13.1 Å². The number of nitrogens with one attached hydrogen (secondary N) is 1. The second-order valence-corrected chi connectivity index (χ2v) is 5.27. The van der Waals surface area contributed by atoms with Crippen LogP contribution in [-0.4, -0.2) is 54.7 Å². The summed E-state index contributed by atoms with van der Waals surface area (Å²) in [7, 11) is 1.61. The summed E-state index contributed by atoms with van der Waals surface area (Å²) in [5.41, 5.74) is 1.07. The first kappa shape index (κ1) is 15.3. The number of aliphatic carboxylic acids is 1. The average Bonchev–Trinajstić information content (AvgIpc) is 2.79. The van der Waals surface area contributed by atoms with E-state index in [0.717, 1.165) is 11.3 Å². The fraction of sp³-hybridized carbons (Fsp3) is 0.467. The van der Waals surface area contributed by atoms with Gasteiger partial charge >= 0.3 is 5.97 Å². The topological polar surface area (TPSA) is 78.9 Å². The van der Waals surface area contributed by atoms with Crippen LogP contribution in [-0.2, 0) is 9.59 Å². The Labute approximate surface area is 123 Å². The minimum absolute atomic E-state index is 0.0112. The fourth-order valence-electron chi connectivity index (χ4n) is 2.80. The fourth-order valence-corrected chi connectivity index (χ4v) is 2.80. The lowest BCUT2D eigenvalue weighted by molar-refractivity contribution is -0.138. The molecule has 1 aromatic carbocycles. The third-order valence-electron chi connectivity index (χ3n) is 3.69. The van der Waals surface area contributed by atoms with Gasteiger partial charge in [-0.1, -0.05) is 12.1 Å². The monoisotopic (exact) mass is 292 g/mol. The van der Waals surface area contributed by atoms with E-state index in [1.807, 2.05) is 29.2 Å². The van der Waals surface area contributed by atoms with Crippen LogP contribution in [0.5, 0.6) is 5.75 Å². The summed E-state index contributed by atoms with van der Waals surface area (Å²) in [6, 6.07) is 7.60. The van der Waals surface area contributed by atoms with Crippen LogP contribution in [0.4, 0.5) is 0 Å². The molecule has 0 unspecified atom stereocenters. The summed E-state index contributed by atoms with van der Waals surface area (Å²) in [4.78, 5) is 24.1. The molecule has 21 heavy (non-hydrogen) atoms. The van der Waals surface area contributed by atoms with Gasteiger partial charge in [-0.3, -0.25) is 14.5 Å². The lowest BCUT2D eigenvalue weighted by Crippen LogP contribution is -2.39. The highest BCUT2D eigenvalue weighted by Gasteiger charge is 2.35. The third-order valence-corrected chi connectivity index (χ3v) is 3.69. The van der Waals surface area contributed by atoms with Gasteiger partial charge in [0.15, 0.2) is 0 Å². The molecule has 1 aliphatic rings. The zero-order valence-electron chi connectivity index (χ0n) is 12.2. The van der Waals surface area contributed by atoms with Gasteiger partial charge in [0.25, 0.3) is 0 Å². The van der Waals surface area contributed by atoms with Crippen LogP contribution in [0.25, 0.3) is 0 Å². The predicted molar refractivity (Wildman–Crippen MR) is 77.4 cm³/mol. The van der Waals surface area contributed by atoms with Crippen LogP contribution in [0.3, 0.4) is 0 Å². The molecule has 6 nitrogen and oxygen atoms in total. The summed E-state index contributed by atoms with van der Waals surface area (Å²) < 4.78 is 5.14. The standard InChI is InChI=1S/C15H20N2O4/c1-10(18)16-14-8-17(9-15(19)20)7-13(14)11-3-5-12(21-2)6-4-11/h3-6,13-14H,7-9H2,1-2H3,(H,16,18)(H,19,20)/t13-,14+/m0/s1. The zero-order chi connectivity index (χ0) is 15.4. The molecule has 2 N–H and O–H groups in total. The van der Waals surface area contributed by atoms with Gasteiger partial charge in [-0.15, -0.1) is 0 Å². The number of methoxy groups -OCH3 is 1. The van der Waals surface area contributed by atoms with Crippen molar-refractivity contribution in [1.82, 2.24) is 10.2 Å². The van der Waals surface area contributed by atoms with Gasteiger partial charge in [0.05, 0.1) is 13.7 Å². The van der Waals surface area contributed by atoms with Crippen molar-refractivity contribution in [1.29, 1.82) is 0 Å².